The summed E-state index contributed by atoms with van der Waals surface area (Å²) in [7, 11) is 2.06. The Balaban J connectivity index is 1.99. The molecule has 1 aromatic carbocycles. The van der Waals surface area contributed by atoms with Crippen molar-refractivity contribution in [2.24, 2.45) is 0 Å². The van der Waals surface area contributed by atoms with E-state index in [4.69, 9.17) is 5.73 Å². The number of pyridine rings is 1. The SMILES string of the molecule is Cc1cc(N(C)CCc2ccccc2)ncc1N. The van der Waals surface area contributed by atoms with Gasteiger partial charge in [0.1, 0.15) is 5.82 Å². The highest BCUT2D eigenvalue weighted by molar-refractivity contribution is 5.51. The van der Waals surface area contributed by atoms with Crippen LogP contribution in [0.1, 0.15) is 11.1 Å². The van der Waals surface area contributed by atoms with E-state index in [1.165, 1.54) is 5.56 Å². The monoisotopic (exact) mass is 241 g/mol. The van der Waals surface area contributed by atoms with Gasteiger partial charge in [-0.25, -0.2) is 4.98 Å². The number of benzene rings is 1. The van der Waals surface area contributed by atoms with Gasteiger partial charge in [-0.15, -0.1) is 0 Å². The molecule has 2 aromatic rings. The fourth-order valence-electron chi connectivity index (χ4n) is 1.82. The van der Waals surface area contributed by atoms with Gasteiger partial charge in [-0.3, -0.25) is 0 Å². The lowest BCUT2D eigenvalue weighted by molar-refractivity contribution is 0.859. The van der Waals surface area contributed by atoms with Crippen molar-refractivity contribution in [2.75, 3.05) is 24.2 Å². The predicted octanol–water partition coefficient (Wildman–Crippen LogP) is 2.65. The summed E-state index contributed by atoms with van der Waals surface area (Å²) in [4.78, 5) is 6.50. The van der Waals surface area contributed by atoms with Crippen molar-refractivity contribution in [3.63, 3.8) is 0 Å². The van der Waals surface area contributed by atoms with Crippen LogP contribution < -0.4 is 10.6 Å². The van der Waals surface area contributed by atoms with E-state index in [-0.39, 0.29) is 0 Å². The standard InChI is InChI=1S/C15H19N3/c1-12-10-15(17-11-14(12)16)18(2)9-8-13-6-4-3-5-7-13/h3-7,10-11H,8-9,16H2,1-2H3. The minimum atomic E-state index is 0.746. The number of nitrogen functional groups attached to an aromatic ring is 1. The number of aromatic nitrogens is 1. The minimum absolute atomic E-state index is 0.746. The minimum Gasteiger partial charge on any atom is -0.397 e. The lowest BCUT2D eigenvalue weighted by Crippen LogP contribution is -2.21. The average Bonchev–Trinajstić information content (AvgIpc) is 2.40. The van der Waals surface area contributed by atoms with E-state index in [1.807, 2.05) is 19.1 Å². The van der Waals surface area contributed by atoms with E-state index >= 15 is 0 Å². The summed E-state index contributed by atoms with van der Waals surface area (Å²) < 4.78 is 0. The van der Waals surface area contributed by atoms with Crippen molar-refractivity contribution in [2.45, 2.75) is 13.3 Å². The molecule has 0 radical (unpaired) electrons. The zero-order chi connectivity index (χ0) is 13.0. The second-order valence-electron chi connectivity index (χ2n) is 4.56. The Hall–Kier alpha value is -2.03. The van der Waals surface area contributed by atoms with Gasteiger partial charge in [0.25, 0.3) is 0 Å². The molecule has 0 atom stereocenters. The van der Waals surface area contributed by atoms with E-state index < -0.39 is 0 Å². The Morgan fingerprint density at radius 3 is 2.61 bits per heavy atom. The Kier molecular flexibility index (Phi) is 3.82. The number of nitrogens with zero attached hydrogens (tertiary/aromatic N) is 2. The highest BCUT2D eigenvalue weighted by atomic mass is 15.2. The molecule has 0 aliphatic rings. The maximum Gasteiger partial charge on any atom is 0.128 e. The summed E-state index contributed by atoms with van der Waals surface area (Å²) in [5, 5.41) is 0. The molecule has 0 fully saturated rings. The van der Waals surface area contributed by atoms with Gasteiger partial charge in [-0.2, -0.15) is 0 Å². The summed E-state index contributed by atoms with van der Waals surface area (Å²) in [6.45, 7) is 2.95. The summed E-state index contributed by atoms with van der Waals surface area (Å²) in [6.07, 6.45) is 2.74. The molecule has 0 amide bonds. The third-order valence-corrected chi connectivity index (χ3v) is 3.11. The molecule has 3 nitrogen and oxygen atoms in total. The molecule has 0 spiro atoms. The smallest absolute Gasteiger partial charge is 0.128 e. The van der Waals surface area contributed by atoms with Crippen LogP contribution in [0.25, 0.3) is 0 Å². The molecular weight excluding hydrogens is 222 g/mol. The van der Waals surface area contributed by atoms with Crippen LogP contribution >= 0.6 is 0 Å². The summed E-state index contributed by atoms with van der Waals surface area (Å²) in [6, 6.07) is 12.5. The van der Waals surface area contributed by atoms with E-state index in [0.29, 0.717) is 0 Å². The molecular formula is C15H19N3. The van der Waals surface area contributed by atoms with Crippen LogP contribution in [0.3, 0.4) is 0 Å². The summed E-state index contributed by atoms with van der Waals surface area (Å²) >= 11 is 0. The van der Waals surface area contributed by atoms with Gasteiger partial charge in [0.2, 0.25) is 0 Å². The van der Waals surface area contributed by atoms with Gasteiger partial charge in [0.05, 0.1) is 11.9 Å². The third-order valence-electron chi connectivity index (χ3n) is 3.11. The molecule has 94 valence electrons. The van der Waals surface area contributed by atoms with Gasteiger partial charge in [-0.05, 0) is 30.5 Å². The van der Waals surface area contributed by atoms with Gasteiger partial charge >= 0.3 is 0 Å². The lowest BCUT2D eigenvalue weighted by atomic mass is 10.1. The summed E-state index contributed by atoms with van der Waals surface area (Å²) in [5.74, 6) is 0.970. The molecule has 2 N–H and O–H groups in total. The van der Waals surface area contributed by atoms with Crippen LogP contribution in [0.2, 0.25) is 0 Å². The second kappa shape index (κ2) is 5.54. The quantitative estimate of drug-likeness (QED) is 0.894. The number of hydrogen-bond acceptors (Lipinski definition) is 3. The van der Waals surface area contributed by atoms with Crippen molar-refractivity contribution in [1.82, 2.24) is 4.98 Å². The van der Waals surface area contributed by atoms with Crippen molar-refractivity contribution in [1.29, 1.82) is 0 Å². The Bertz CT molecular complexity index is 508. The van der Waals surface area contributed by atoms with Crippen LogP contribution in [0, 0.1) is 6.92 Å². The van der Waals surface area contributed by atoms with Crippen LogP contribution in [-0.4, -0.2) is 18.6 Å². The zero-order valence-electron chi connectivity index (χ0n) is 10.9. The van der Waals surface area contributed by atoms with E-state index in [9.17, 15) is 0 Å². The maximum absolute atomic E-state index is 5.77. The first-order valence-corrected chi connectivity index (χ1v) is 6.14. The highest BCUT2D eigenvalue weighted by Crippen LogP contribution is 2.16. The fraction of sp³-hybridized carbons (Fsp3) is 0.267. The number of hydrogen-bond donors (Lipinski definition) is 1. The molecule has 2 rings (SSSR count). The first-order valence-electron chi connectivity index (χ1n) is 6.14. The first kappa shape index (κ1) is 12.4. The molecule has 0 bridgehead atoms. The molecule has 18 heavy (non-hydrogen) atoms. The Morgan fingerprint density at radius 2 is 1.94 bits per heavy atom. The molecule has 0 saturated carbocycles. The van der Waals surface area contributed by atoms with Gasteiger partial charge in [-0.1, -0.05) is 30.3 Å². The maximum atomic E-state index is 5.77. The topological polar surface area (TPSA) is 42.2 Å². The molecule has 1 heterocycles. The van der Waals surface area contributed by atoms with Crippen molar-refractivity contribution >= 4 is 11.5 Å². The number of nitrogens with two attached hydrogens (primary N) is 1. The highest BCUT2D eigenvalue weighted by Gasteiger charge is 2.04. The molecule has 1 aromatic heterocycles. The normalized spacial score (nSPS) is 10.3. The van der Waals surface area contributed by atoms with Gasteiger partial charge in [0, 0.05) is 13.6 Å². The predicted molar refractivity (Wildman–Crippen MR) is 76.8 cm³/mol. The van der Waals surface area contributed by atoms with Crippen LogP contribution in [0.15, 0.2) is 42.6 Å². The summed E-state index contributed by atoms with van der Waals surface area (Å²) in [5.41, 5.74) is 8.94. The number of likely N-dealkylation sites (N-methyl/N-ethyl adjacent to an activating group) is 1. The molecule has 0 aliphatic carbocycles. The Labute approximate surface area is 108 Å². The molecule has 0 saturated heterocycles. The average molecular weight is 241 g/mol. The fourth-order valence-corrected chi connectivity index (χ4v) is 1.82. The van der Waals surface area contributed by atoms with Crippen LogP contribution in [0.4, 0.5) is 11.5 Å². The number of aryl methyl sites for hydroxylation is 1. The molecule has 3 heteroatoms. The van der Waals surface area contributed by atoms with Crippen molar-refractivity contribution in [3.8, 4) is 0 Å². The number of rotatable bonds is 4. The largest absolute Gasteiger partial charge is 0.397 e. The van der Waals surface area contributed by atoms with Gasteiger partial charge in [0.15, 0.2) is 0 Å². The van der Waals surface area contributed by atoms with E-state index in [1.54, 1.807) is 6.20 Å². The molecule has 0 aliphatic heterocycles. The Morgan fingerprint density at radius 1 is 1.22 bits per heavy atom. The van der Waals surface area contributed by atoms with E-state index in [0.717, 1.165) is 30.0 Å². The number of anilines is 2. The second-order valence-corrected chi connectivity index (χ2v) is 4.56. The first-order chi connectivity index (χ1) is 8.66. The van der Waals surface area contributed by atoms with Crippen LogP contribution in [0.5, 0.6) is 0 Å². The third kappa shape index (κ3) is 3.00. The van der Waals surface area contributed by atoms with E-state index in [2.05, 4.69) is 41.2 Å². The van der Waals surface area contributed by atoms with Crippen molar-refractivity contribution < 1.29 is 0 Å². The zero-order valence-corrected chi connectivity index (χ0v) is 10.9. The van der Waals surface area contributed by atoms with Crippen molar-refractivity contribution in [3.05, 3.63) is 53.7 Å². The van der Waals surface area contributed by atoms with Gasteiger partial charge < -0.3 is 10.6 Å². The lowest BCUT2D eigenvalue weighted by Gasteiger charge is -2.18. The molecule has 0 unspecified atom stereocenters. The van der Waals surface area contributed by atoms with Crippen LogP contribution in [-0.2, 0) is 6.42 Å².